The zero-order valence-electron chi connectivity index (χ0n) is 7.14. The first-order chi connectivity index (χ1) is 6.27. The first-order valence-corrected chi connectivity index (χ1v) is 4.39. The van der Waals surface area contributed by atoms with E-state index >= 15 is 0 Å². The van der Waals surface area contributed by atoms with E-state index in [0.29, 0.717) is 6.61 Å². The van der Waals surface area contributed by atoms with Gasteiger partial charge in [-0.25, -0.2) is 4.79 Å². The van der Waals surface area contributed by atoms with Crippen LogP contribution in [0.4, 0.5) is 0 Å². The normalized spacial score (nSPS) is 39.5. The lowest BCUT2D eigenvalue weighted by Crippen LogP contribution is -2.29. The van der Waals surface area contributed by atoms with Crippen molar-refractivity contribution in [2.24, 2.45) is 0 Å². The fraction of sp³-hybridized carbons (Fsp3) is 0.875. The highest BCUT2D eigenvalue weighted by Gasteiger charge is 2.38. The highest BCUT2D eigenvalue weighted by molar-refractivity contribution is 5.72. The van der Waals surface area contributed by atoms with Crippen LogP contribution < -0.4 is 0 Å². The number of hydrogen-bond donors (Lipinski definition) is 1. The minimum Gasteiger partial charge on any atom is -0.479 e. The van der Waals surface area contributed by atoms with E-state index in [0.717, 1.165) is 12.8 Å². The van der Waals surface area contributed by atoms with Crippen molar-refractivity contribution in [2.75, 3.05) is 13.2 Å². The zero-order chi connectivity index (χ0) is 9.26. The highest BCUT2D eigenvalue weighted by atomic mass is 16.7. The lowest BCUT2D eigenvalue weighted by atomic mass is 10.2. The fourth-order valence-corrected chi connectivity index (χ4v) is 1.56. The summed E-state index contributed by atoms with van der Waals surface area (Å²) >= 11 is 0. The molecule has 2 fully saturated rings. The first kappa shape index (κ1) is 8.93. The van der Waals surface area contributed by atoms with Gasteiger partial charge in [-0.15, -0.1) is 0 Å². The Morgan fingerprint density at radius 3 is 2.77 bits per heavy atom. The second kappa shape index (κ2) is 3.61. The van der Waals surface area contributed by atoms with Crippen LogP contribution in [0.15, 0.2) is 0 Å². The third kappa shape index (κ3) is 1.82. The summed E-state index contributed by atoms with van der Waals surface area (Å²) in [5, 5.41) is 8.63. The molecule has 5 nitrogen and oxygen atoms in total. The Labute approximate surface area is 75.6 Å². The quantitative estimate of drug-likeness (QED) is 0.660. The van der Waals surface area contributed by atoms with E-state index < -0.39 is 18.4 Å². The van der Waals surface area contributed by atoms with Crippen LogP contribution in [-0.4, -0.2) is 42.8 Å². The van der Waals surface area contributed by atoms with Gasteiger partial charge in [-0.05, 0) is 12.8 Å². The number of carbonyl (C=O) groups is 1. The maximum atomic E-state index is 10.5. The van der Waals surface area contributed by atoms with Crippen LogP contribution >= 0.6 is 0 Å². The number of carboxylic acids is 1. The second-order valence-corrected chi connectivity index (χ2v) is 3.22. The van der Waals surface area contributed by atoms with E-state index in [2.05, 4.69) is 0 Å². The Balaban J connectivity index is 1.86. The topological polar surface area (TPSA) is 65.0 Å². The molecule has 0 radical (unpaired) electrons. The number of aliphatic carboxylic acids is 1. The van der Waals surface area contributed by atoms with Gasteiger partial charge in [0.2, 0.25) is 0 Å². The minimum atomic E-state index is -0.972. The van der Waals surface area contributed by atoms with Crippen LogP contribution in [0.25, 0.3) is 0 Å². The molecule has 0 saturated carbocycles. The molecule has 0 bridgehead atoms. The molecule has 2 aliphatic rings. The summed E-state index contributed by atoms with van der Waals surface area (Å²) in [5.74, 6) is -0.972. The summed E-state index contributed by atoms with van der Waals surface area (Å²) in [6.07, 6.45) is 0.491. The monoisotopic (exact) mass is 188 g/mol. The largest absolute Gasteiger partial charge is 0.479 e. The van der Waals surface area contributed by atoms with Crippen molar-refractivity contribution in [2.45, 2.75) is 31.3 Å². The highest BCUT2D eigenvalue weighted by Crippen LogP contribution is 2.23. The Bertz CT molecular complexity index is 199. The summed E-state index contributed by atoms with van der Waals surface area (Å²) in [7, 11) is 0. The number of ether oxygens (including phenoxy) is 3. The maximum Gasteiger partial charge on any atom is 0.335 e. The summed E-state index contributed by atoms with van der Waals surface area (Å²) in [6.45, 7) is 0.839. The third-order valence-corrected chi connectivity index (χ3v) is 2.25. The van der Waals surface area contributed by atoms with Gasteiger partial charge in [-0.3, -0.25) is 0 Å². The van der Waals surface area contributed by atoms with Gasteiger partial charge in [0.1, 0.15) is 6.10 Å². The van der Waals surface area contributed by atoms with Gasteiger partial charge >= 0.3 is 5.97 Å². The van der Waals surface area contributed by atoms with E-state index in [1.807, 2.05) is 0 Å². The van der Waals surface area contributed by atoms with E-state index in [1.165, 1.54) is 0 Å². The van der Waals surface area contributed by atoms with Gasteiger partial charge in [0.15, 0.2) is 12.4 Å². The van der Waals surface area contributed by atoms with E-state index in [-0.39, 0.29) is 12.7 Å². The Morgan fingerprint density at radius 1 is 1.38 bits per heavy atom. The molecule has 0 aromatic carbocycles. The molecule has 0 spiro atoms. The molecule has 0 aromatic rings. The van der Waals surface area contributed by atoms with Crippen LogP contribution in [0.1, 0.15) is 12.8 Å². The van der Waals surface area contributed by atoms with E-state index in [9.17, 15) is 4.79 Å². The Hall–Kier alpha value is -0.650. The molecule has 1 N–H and O–H groups in total. The van der Waals surface area contributed by atoms with Gasteiger partial charge in [0, 0.05) is 6.61 Å². The number of carboxylic acid groups (broad SMARTS) is 1. The standard InChI is InChI=1S/C8H12O5/c9-7(10)6-4-12-8(13-6)5-2-1-3-11-5/h5-6,8H,1-4H2,(H,9,10). The summed E-state index contributed by atoms with van der Waals surface area (Å²) in [5.41, 5.74) is 0. The lowest BCUT2D eigenvalue weighted by molar-refractivity contribution is -0.160. The third-order valence-electron chi connectivity index (χ3n) is 2.25. The van der Waals surface area contributed by atoms with Crippen molar-refractivity contribution in [3.63, 3.8) is 0 Å². The van der Waals surface area contributed by atoms with Gasteiger partial charge in [0.25, 0.3) is 0 Å². The summed E-state index contributed by atoms with van der Waals surface area (Å²) in [6, 6.07) is 0. The predicted octanol–water partition coefficient (Wildman–Crippen LogP) is -0.00850. The molecule has 5 heteroatoms. The molecular formula is C8H12O5. The predicted molar refractivity (Wildman–Crippen MR) is 41.2 cm³/mol. The molecular weight excluding hydrogens is 176 g/mol. The van der Waals surface area contributed by atoms with Crippen LogP contribution in [0.3, 0.4) is 0 Å². The van der Waals surface area contributed by atoms with E-state index in [1.54, 1.807) is 0 Å². The maximum absolute atomic E-state index is 10.5. The van der Waals surface area contributed by atoms with Crippen LogP contribution in [0.5, 0.6) is 0 Å². The molecule has 2 heterocycles. The SMILES string of the molecule is O=C(O)C1COC(C2CCCO2)O1. The van der Waals surface area contributed by atoms with E-state index in [4.69, 9.17) is 19.3 Å². The smallest absolute Gasteiger partial charge is 0.335 e. The van der Waals surface area contributed by atoms with Gasteiger partial charge in [0.05, 0.1) is 6.61 Å². The summed E-state index contributed by atoms with van der Waals surface area (Å²) < 4.78 is 15.7. The van der Waals surface area contributed by atoms with Crippen molar-refractivity contribution in [1.29, 1.82) is 0 Å². The number of hydrogen-bond acceptors (Lipinski definition) is 4. The molecule has 0 amide bonds. The lowest BCUT2D eigenvalue weighted by Gasteiger charge is -2.15. The van der Waals surface area contributed by atoms with Gasteiger partial charge < -0.3 is 19.3 Å². The van der Waals surface area contributed by atoms with Crippen LogP contribution in [-0.2, 0) is 19.0 Å². The van der Waals surface area contributed by atoms with Gasteiger partial charge in [-0.1, -0.05) is 0 Å². The average Bonchev–Trinajstić information content (AvgIpc) is 2.75. The van der Waals surface area contributed by atoms with Crippen molar-refractivity contribution >= 4 is 5.97 Å². The fourth-order valence-electron chi connectivity index (χ4n) is 1.56. The minimum absolute atomic E-state index is 0.0793. The second-order valence-electron chi connectivity index (χ2n) is 3.22. The van der Waals surface area contributed by atoms with Gasteiger partial charge in [-0.2, -0.15) is 0 Å². The van der Waals surface area contributed by atoms with Crippen molar-refractivity contribution < 1.29 is 24.1 Å². The zero-order valence-corrected chi connectivity index (χ0v) is 7.14. The molecule has 0 aliphatic carbocycles. The molecule has 2 saturated heterocycles. The van der Waals surface area contributed by atoms with Crippen molar-refractivity contribution in [3.05, 3.63) is 0 Å². The van der Waals surface area contributed by atoms with Crippen LogP contribution in [0, 0.1) is 0 Å². The molecule has 3 atom stereocenters. The molecule has 0 aromatic heterocycles. The molecule has 3 unspecified atom stereocenters. The number of rotatable bonds is 2. The molecule has 2 aliphatic heterocycles. The molecule has 74 valence electrons. The average molecular weight is 188 g/mol. The molecule has 13 heavy (non-hydrogen) atoms. The van der Waals surface area contributed by atoms with Crippen LogP contribution in [0.2, 0.25) is 0 Å². The first-order valence-electron chi connectivity index (χ1n) is 4.39. The molecule has 2 rings (SSSR count). The van der Waals surface area contributed by atoms with Crippen molar-refractivity contribution in [1.82, 2.24) is 0 Å². The summed E-state index contributed by atoms with van der Waals surface area (Å²) in [4.78, 5) is 10.5. The Morgan fingerprint density at radius 2 is 2.23 bits per heavy atom. The Kier molecular flexibility index (Phi) is 2.48. The van der Waals surface area contributed by atoms with Crippen molar-refractivity contribution in [3.8, 4) is 0 Å².